The number of nitrogens with two attached hydrogens (primary N) is 1. The van der Waals surface area contributed by atoms with Crippen molar-refractivity contribution in [3.63, 3.8) is 0 Å². The Balaban J connectivity index is 2.12. The van der Waals surface area contributed by atoms with E-state index in [4.69, 9.17) is 5.73 Å². The van der Waals surface area contributed by atoms with Crippen LogP contribution in [0.1, 0.15) is 29.1 Å². The van der Waals surface area contributed by atoms with Crippen molar-refractivity contribution in [1.82, 2.24) is 9.55 Å². The van der Waals surface area contributed by atoms with Gasteiger partial charge in [-0.05, 0) is 22.9 Å². The van der Waals surface area contributed by atoms with Gasteiger partial charge in [-0.15, -0.1) is 11.3 Å². The zero-order chi connectivity index (χ0) is 20.3. The maximum absolute atomic E-state index is 13.0. The lowest BCUT2D eigenvalue weighted by molar-refractivity contribution is 0.0987. The summed E-state index contributed by atoms with van der Waals surface area (Å²) in [5.74, 6) is -0.244. The molecule has 0 aliphatic rings. The Morgan fingerprint density at radius 3 is 2.50 bits per heavy atom. The van der Waals surface area contributed by atoms with Gasteiger partial charge >= 0.3 is 5.69 Å². The number of H-pyrrole nitrogens is 1. The number of nitrogens with zero attached hydrogens (tertiary/aromatic N) is 2. The van der Waals surface area contributed by atoms with E-state index >= 15 is 0 Å². The molecule has 2 aromatic heterocycles. The molecule has 0 fully saturated rings. The molecule has 1 aromatic carbocycles. The molecular weight excluding hydrogens is 376 g/mol. The van der Waals surface area contributed by atoms with Gasteiger partial charge in [0, 0.05) is 6.54 Å². The van der Waals surface area contributed by atoms with Crippen LogP contribution in [0.25, 0.3) is 0 Å². The predicted octanol–water partition coefficient (Wildman–Crippen LogP) is 2.53. The van der Waals surface area contributed by atoms with E-state index in [9.17, 15) is 14.4 Å². The molecule has 0 saturated heterocycles. The van der Waals surface area contributed by atoms with Gasteiger partial charge in [-0.3, -0.25) is 24.0 Å². The summed E-state index contributed by atoms with van der Waals surface area (Å²) in [4.78, 5) is 42.2. The summed E-state index contributed by atoms with van der Waals surface area (Å²) < 4.78 is 1.28. The summed E-state index contributed by atoms with van der Waals surface area (Å²) in [6.07, 6.45) is 0. The van der Waals surface area contributed by atoms with Crippen LogP contribution in [0.2, 0.25) is 0 Å². The van der Waals surface area contributed by atoms with Crippen molar-refractivity contribution in [3.8, 4) is 0 Å². The number of hydrogen-bond acceptors (Lipinski definition) is 5. The van der Waals surface area contributed by atoms with Crippen LogP contribution in [0.4, 0.5) is 11.5 Å². The van der Waals surface area contributed by atoms with Gasteiger partial charge in [-0.25, -0.2) is 4.79 Å². The van der Waals surface area contributed by atoms with E-state index in [1.165, 1.54) is 20.8 Å². The average molecular weight is 398 g/mol. The highest BCUT2D eigenvalue weighted by Crippen LogP contribution is 2.23. The molecule has 0 atom stereocenters. The molecule has 8 heteroatoms. The standard InChI is InChI=1S/C20H22N4O3S/c1-13(2)11-23(19(26)15-9-6-10-28-15)16-17(21)24(20(27)22-18(16)25)12-14-7-4-3-5-8-14/h3-10,13H,11-12,21H2,1-2H3,(H,22,25,27). The Morgan fingerprint density at radius 1 is 1.18 bits per heavy atom. The van der Waals surface area contributed by atoms with Gasteiger partial charge in [0.1, 0.15) is 5.82 Å². The Labute approximate surface area is 166 Å². The third-order valence-corrected chi connectivity index (χ3v) is 5.05. The van der Waals surface area contributed by atoms with E-state index in [1.807, 2.05) is 44.2 Å². The van der Waals surface area contributed by atoms with Gasteiger partial charge < -0.3 is 5.73 Å². The third-order valence-electron chi connectivity index (χ3n) is 4.19. The second-order valence-corrected chi connectivity index (χ2v) is 7.80. The van der Waals surface area contributed by atoms with Crippen LogP contribution >= 0.6 is 11.3 Å². The maximum Gasteiger partial charge on any atom is 0.330 e. The summed E-state index contributed by atoms with van der Waals surface area (Å²) in [5, 5.41) is 1.80. The third kappa shape index (κ3) is 4.07. The van der Waals surface area contributed by atoms with E-state index in [1.54, 1.807) is 17.5 Å². The lowest BCUT2D eigenvalue weighted by Gasteiger charge is -2.25. The van der Waals surface area contributed by atoms with E-state index in [0.29, 0.717) is 11.4 Å². The summed E-state index contributed by atoms with van der Waals surface area (Å²) >= 11 is 1.29. The van der Waals surface area contributed by atoms with Crippen LogP contribution in [0.5, 0.6) is 0 Å². The first-order chi connectivity index (χ1) is 13.4. The van der Waals surface area contributed by atoms with Gasteiger partial charge in [0.25, 0.3) is 11.5 Å². The number of hydrogen-bond donors (Lipinski definition) is 2. The zero-order valence-corrected chi connectivity index (χ0v) is 16.5. The van der Waals surface area contributed by atoms with Gasteiger partial charge in [-0.2, -0.15) is 0 Å². The number of carbonyl (C=O) groups excluding carboxylic acids is 1. The van der Waals surface area contributed by atoms with Crippen LogP contribution in [-0.4, -0.2) is 22.0 Å². The maximum atomic E-state index is 13.0. The minimum absolute atomic E-state index is 0.00244. The number of carbonyl (C=O) groups is 1. The molecule has 7 nitrogen and oxygen atoms in total. The first kappa shape index (κ1) is 19.6. The number of nitrogens with one attached hydrogen (secondary N) is 1. The number of benzene rings is 1. The quantitative estimate of drug-likeness (QED) is 0.666. The van der Waals surface area contributed by atoms with Gasteiger partial charge in [-0.1, -0.05) is 50.2 Å². The molecule has 3 aromatic rings. The number of thiophene rings is 1. The minimum Gasteiger partial charge on any atom is -0.383 e. The number of aromatic amines is 1. The molecule has 0 spiro atoms. The Hall–Kier alpha value is -3.13. The summed E-state index contributed by atoms with van der Waals surface area (Å²) in [5.41, 5.74) is 5.83. The summed E-state index contributed by atoms with van der Waals surface area (Å²) in [6, 6.07) is 12.8. The topological polar surface area (TPSA) is 101 Å². The van der Waals surface area contributed by atoms with Crippen molar-refractivity contribution < 1.29 is 4.79 Å². The van der Waals surface area contributed by atoms with Crippen LogP contribution in [0, 0.1) is 5.92 Å². The Kier molecular flexibility index (Phi) is 5.79. The smallest absolute Gasteiger partial charge is 0.330 e. The summed E-state index contributed by atoms with van der Waals surface area (Å²) in [7, 11) is 0. The normalized spacial score (nSPS) is 11.0. The SMILES string of the molecule is CC(C)CN(C(=O)c1cccs1)c1c(N)n(Cc2ccccc2)c(=O)[nH]c1=O. The molecule has 2 heterocycles. The first-order valence-electron chi connectivity index (χ1n) is 8.90. The molecule has 3 N–H and O–H groups in total. The van der Waals surface area contributed by atoms with Crippen molar-refractivity contribution in [2.24, 2.45) is 5.92 Å². The second-order valence-electron chi connectivity index (χ2n) is 6.85. The molecule has 0 unspecified atom stereocenters. The van der Waals surface area contributed by atoms with E-state index in [0.717, 1.165) is 5.56 Å². The van der Waals surface area contributed by atoms with Crippen molar-refractivity contribution in [1.29, 1.82) is 0 Å². The van der Waals surface area contributed by atoms with Crippen molar-refractivity contribution >= 4 is 28.7 Å². The van der Waals surface area contributed by atoms with Crippen LogP contribution < -0.4 is 21.9 Å². The van der Waals surface area contributed by atoms with Crippen molar-refractivity contribution in [3.05, 3.63) is 79.1 Å². The molecule has 146 valence electrons. The predicted molar refractivity (Wildman–Crippen MR) is 112 cm³/mol. The van der Waals surface area contributed by atoms with Gasteiger partial charge in [0.05, 0.1) is 11.4 Å². The largest absolute Gasteiger partial charge is 0.383 e. The average Bonchev–Trinajstić information content (AvgIpc) is 3.19. The lowest BCUT2D eigenvalue weighted by atomic mass is 10.2. The lowest BCUT2D eigenvalue weighted by Crippen LogP contribution is -2.42. The van der Waals surface area contributed by atoms with Crippen LogP contribution in [-0.2, 0) is 6.54 Å². The molecule has 0 aliphatic heterocycles. The second kappa shape index (κ2) is 8.26. The van der Waals surface area contributed by atoms with Crippen LogP contribution in [0.3, 0.4) is 0 Å². The number of rotatable bonds is 6. The number of aromatic nitrogens is 2. The first-order valence-corrected chi connectivity index (χ1v) is 9.78. The number of anilines is 2. The van der Waals surface area contributed by atoms with Gasteiger partial charge in [0.15, 0.2) is 5.69 Å². The molecule has 28 heavy (non-hydrogen) atoms. The molecule has 0 bridgehead atoms. The fourth-order valence-electron chi connectivity index (χ4n) is 2.94. The van der Waals surface area contributed by atoms with E-state index < -0.39 is 11.2 Å². The van der Waals surface area contributed by atoms with Crippen molar-refractivity contribution in [2.45, 2.75) is 20.4 Å². The minimum atomic E-state index is -0.669. The molecule has 0 aliphatic carbocycles. The van der Waals surface area contributed by atoms with Crippen molar-refractivity contribution in [2.75, 3.05) is 17.2 Å². The monoisotopic (exact) mass is 398 g/mol. The fourth-order valence-corrected chi connectivity index (χ4v) is 3.61. The number of amides is 1. The fraction of sp³-hybridized carbons (Fsp3) is 0.250. The highest BCUT2D eigenvalue weighted by molar-refractivity contribution is 7.12. The molecular formula is C20H22N4O3S. The summed E-state index contributed by atoms with van der Waals surface area (Å²) in [6.45, 7) is 4.38. The Bertz CT molecular complexity index is 1070. The molecule has 3 rings (SSSR count). The van der Waals surface area contributed by atoms with E-state index in [-0.39, 0.29) is 29.9 Å². The van der Waals surface area contributed by atoms with Crippen LogP contribution in [0.15, 0.2) is 57.4 Å². The zero-order valence-electron chi connectivity index (χ0n) is 15.7. The van der Waals surface area contributed by atoms with Gasteiger partial charge in [0.2, 0.25) is 0 Å². The molecule has 0 radical (unpaired) electrons. The number of nitrogen functional groups attached to an aromatic ring is 1. The Morgan fingerprint density at radius 2 is 1.89 bits per heavy atom. The van der Waals surface area contributed by atoms with E-state index in [2.05, 4.69) is 4.98 Å². The highest BCUT2D eigenvalue weighted by atomic mass is 32.1. The molecule has 1 amide bonds. The highest BCUT2D eigenvalue weighted by Gasteiger charge is 2.26. The molecule has 0 saturated carbocycles.